The molecule has 124 valence electrons. The average Bonchev–Trinajstić information content (AvgIpc) is 2.95. The van der Waals surface area contributed by atoms with E-state index in [-0.39, 0.29) is 5.91 Å². The molecule has 0 aliphatic heterocycles. The van der Waals surface area contributed by atoms with E-state index in [0.29, 0.717) is 5.75 Å². The molecule has 0 saturated heterocycles. The van der Waals surface area contributed by atoms with Gasteiger partial charge in [0, 0.05) is 12.2 Å². The van der Waals surface area contributed by atoms with Gasteiger partial charge in [-0.3, -0.25) is 4.79 Å². The molecule has 2 rings (SSSR count). The van der Waals surface area contributed by atoms with Crippen molar-refractivity contribution in [2.45, 2.75) is 38.2 Å². The van der Waals surface area contributed by atoms with Crippen LogP contribution in [0.2, 0.25) is 0 Å². The zero-order valence-electron chi connectivity index (χ0n) is 13.7. The third-order valence-corrected chi connectivity index (χ3v) is 5.05. The molecule has 1 aromatic heterocycles. The van der Waals surface area contributed by atoms with Crippen LogP contribution in [0.5, 0.6) is 0 Å². The van der Waals surface area contributed by atoms with Crippen LogP contribution in [0.25, 0.3) is 0 Å². The molecule has 0 spiro atoms. The van der Waals surface area contributed by atoms with Crippen LogP contribution < -0.4 is 5.32 Å². The number of carbonyl (C=O) groups excluding carboxylic acids is 1. The van der Waals surface area contributed by atoms with E-state index in [4.69, 9.17) is 0 Å². The Morgan fingerprint density at radius 3 is 2.61 bits per heavy atom. The minimum atomic E-state index is -0.0333. The molecular weight excluding hydrogens is 328 g/mol. The number of rotatable bonds is 8. The lowest BCUT2D eigenvalue weighted by molar-refractivity contribution is -0.113. The molecule has 2 aromatic rings. The second kappa shape index (κ2) is 8.98. The maximum absolute atomic E-state index is 12.1. The zero-order chi connectivity index (χ0) is 16.7. The molecule has 7 heteroatoms. The van der Waals surface area contributed by atoms with E-state index in [9.17, 15) is 4.79 Å². The maximum atomic E-state index is 12.1. The van der Waals surface area contributed by atoms with E-state index in [1.54, 1.807) is 0 Å². The van der Waals surface area contributed by atoms with E-state index in [1.165, 1.54) is 17.3 Å². The second-order valence-corrected chi connectivity index (χ2v) is 7.20. The van der Waals surface area contributed by atoms with Crippen molar-refractivity contribution in [3.63, 3.8) is 0 Å². The number of thioether (sulfide) groups is 2. The minimum Gasteiger partial charge on any atom is -0.325 e. The summed E-state index contributed by atoms with van der Waals surface area (Å²) in [4.78, 5) is 12.1. The minimum absolute atomic E-state index is 0.0333. The van der Waals surface area contributed by atoms with Crippen molar-refractivity contribution in [3.05, 3.63) is 35.7 Å². The van der Waals surface area contributed by atoms with Gasteiger partial charge in [0.05, 0.1) is 11.5 Å². The van der Waals surface area contributed by atoms with Crippen molar-refractivity contribution >= 4 is 35.1 Å². The molecule has 5 nitrogen and oxygen atoms in total. The summed E-state index contributed by atoms with van der Waals surface area (Å²) in [6.45, 7) is 7.03. The Labute approximate surface area is 145 Å². The Bertz CT molecular complexity index is 640. The summed E-state index contributed by atoms with van der Waals surface area (Å²) in [7, 11) is 0. The molecule has 23 heavy (non-hydrogen) atoms. The molecule has 1 heterocycles. The normalized spacial score (nSPS) is 10.7. The quantitative estimate of drug-likeness (QED) is 0.737. The van der Waals surface area contributed by atoms with Crippen LogP contribution in [-0.4, -0.2) is 32.2 Å². The Kier molecular flexibility index (Phi) is 6.98. The molecule has 1 N–H and O–H groups in total. The van der Waals surface area contributed by atoms with Crippen molar-refractivity contribution in [2.24, 2.45) is 0 Å². The van der Waals surface area contributed by atoms with Crippen molar-refractivity contribution < 1.29 is 4.79 Å². The molecule has 0 unspecified atom stereocenters. The molecule has 1 amide bonds. The first kappa shape index (κ1) is 17.9. The van der Waals surface area contributed by atoms with Crippen molar-refractivity contribution in [1.29, 1.82) is 0 Å². The maximum Gasteiger partial charge on any atom is 0.234 e. The van der Waals surface area contributed by atoms with Gasteiger partial charge in [0.15, 0.2) is 5.16 Å². The predicted octanol–water partition coefficient (Wildman–Crippen LogP) is 3.59. The van der Waals surface area contributed by atoms with Crippen LogP contribution in [0.15, 0.2) is 29.4 Å². The summed E-state index contributed by atoms with van der Waals surface area (Å²) < 4.78 is 2.08. The van der Waals surface area contributed by atoms with Gasteiger partial charge in [0.1, 0.15) is 5.82 Å². The van der Waals surface area contributed by atoms with Crippen LogP contribution in [0.1, 0.15) is 25.2 Å². The standard InChI is InChI=1S/C16H22N4OS2/c1-4-20-14(10-22-5-2)18-19-16(20)23-11-15(21)17-13-8-6-12(3)7-9-13/h6-9H,4-5,10-11H2,1-3H3,(H,17,21). The average molecular weight is 351 g/mol. The topological polar surface area (TPSA) is 59.8 Å². The van der Waals surface area contributed by atoms with Gasteiger partial charge < -0.3 is 9.88 Å². The van der Waals surface area contributed by atoms with Crippen LogP contribution in [0.4, 0.5) is 5.69 Å². The number of anilines is 1. The first-order chi connectivity index (χ1) is 11.1. The molecular formula is C16H22N4OS2. The number of nitrogens with one attached hydrogen (secondary N) is 1. The van der Waals surface area contributed by atoms with Gasteiger partial charge in [0.25, 0.3) is 0 Å². The van der Waals surface area contributed by atoms with Crippen molar-refractivity contribution in [2.75, 3.05) is 16.8 Å². The molecule has 1 aromatic carbocycles. The molecule has 0 radical (unpaired) electrons. The van der Waals surface area contributed by atoms with Crippen LogP contribution in [0, 0.1) is 6.92 Å². The van der Waals surface area contributed by atoms with E-state index in [1.807, 2.05) is 43.0 Å². The summed E-state index contributed by atoms with van der Waals surface area (Å²) >= 11 is 3.24. The Hall–Kier alpha value is -1.47. The molecule has 0 aliphatic carbocycles. The largest absolute Gasteiger partial charge is 0.325 e. The highest BCUT2D eigenvalue weighted by atomic mass is 32.2. The number of aryl methyl sites for hydroxylation is 1. The van der Waals surface area contributed by atoms with E-state index in [2.05, 4.69) is 33.9 Å². The number of amides is 1. The summed E-state index contributed by atoms with van der Waals surface area (Å²) in [6, 6.07) is 7.78. The number of carbonyl (C=O) groups is 1. The van der Waals surface area contributed by atoms with E-state index >= 15 is 0 Å². The van der Waals surface area contributed by atoms with Crippen molar-refractivity contribution in [3.8, 4) is 0 Å². The third kappa shape index (κ3) is 5.28. The van der Waals surface area contributed by atoms with Crippen LogP contribution in [-0.2, 0) is 17.1 Å². The van der Waals surface area contributed by atoms with Gasteiger partial charge in [0.2, 0.25) is 5.91 Å². The molecule has 0 bridgehead atoms. The zero-order valence-corrected chi connectivity index (χ0v) is 15.3. The third-order valence-electron chi connectivity index (χ3n) is 3.21. The highest BCUT2D eigenvalue weighted by molar-refractivity contribution is 7.99. The summed E-state index contributed by atoms with van der Waals surface area (Å²) in [5.74, 6) is 3.17. The summed E-state index contributed by atoms with van der Waals surface area (Å²) in [6.07, 6.45) is 0. The lowest BCUT2D eigenvalue weighted by Crippen LogP contribution is -2.14. The van der Waals surface area contributed by atoms with Gasteiger partial charge in [-0.1, -0.05) is 36.4 Å². The van der Waals surface area contributed by atoms with Gasteiger partial charge >= 0.3 is 0 Å². The predicted molar refractivity (Wildman–Crippen MR) is 98.1 cm³/mol. The van der Waals surface area contributed by atoms with Gasteiger partial charge in [-0.15, -0.1) is 10.2 Å². The number of hydrogen-bond acceptors (Lipinski definition) is 5. The van der Waals surface area contributed by atoms with E-state index < -0.39 is 0 Å². The Balaban J connectivity index is 1.91. The second-order valence-electron chi connectivity index (χ2n) is 4.98. The smallest absolute Gasteiger partial charge is 0.234 e. The highest BCUT2D eigenvalue weighted by Gasteiger charge is 2.13. The lowest BCUT2D eigenvalue weighted by Gasteiger charge is -2.07. The fourth-order valence-electron chi connectivity index (χ4n) is 2.01. The molecule has 0 saturated carbocycles. The van der Waals surface area contributed by atoms with Crippen LogP contribution in [0.3, 0.4) is 0 Å². The molecule has 0 fully saturated rings. The fraction of sp³-hybridized carbons (Fsp3) is 0.438. The Morgan fingerprint density at radius 2 is 1.96 bits per heavy atom. The first-order valence-corrected chi connectivity index (χ1v) is 9.77. The summed E-state index contributed by atoms with van der Waals surface area (Å²) in [5.41, 5.74) is 1.99. The first-order valence-electron chi connectivity index (χ1n) is 7.63. The summed E-state index contributed by atoms with van der Waals surface area (Å²) in [5, 5.41) is 12.1. The van der Waals surface area contributed by atoms with E-state index in [0.717, 1.165) is 34.7 Å². The molecule has 0 atom stereocenters. The number of nitrogens with zero attached hydrogens (tertiary/aromatic N) is 3. The number of benzene rings is 1. The fourth-order valence-corrected chi connectivity index (χ4v) is 3.43. The lowest BCUT2D eigenvalue weighted by atomic mass is 10.2. The highest BCUT2D eigenvalue weighted by Crippen LogP contribution is 2.20. The van der Waals surface area contributed by atoms with Crippen molar-refractivity contribution in [1.82, 2.24) is 14.8 Å². The number of aromatic nitrogens is 3. The Morgan fingerprint density at radius 1 is 1.22 bits per heavy atom. The monoisotopic (exact) mass is 350 g/mol. The van der Waals surface area contributed by atoms with Gasteiger partial charge in [-0.05, 0) is 31.7 Å². The van der Waals surface area contributed by atoms with Crippen LogP contribution >= 0.6 is 23.5 Å². The van der Waals surface area contributed by atoms with Gasteiger partial charge in [-0.25, -0.2) is 0 Å². The number of hydrogen-bond donors (Lipinski definition) is 1. The molecule has 0 aliphatic rings. The SMILES string of the molecule is CCSCc1nnc(SCC(=O)Nc2ccc(C)cc2)n1CC. The van der Waals surface area contributed by atoms with Gasteiger partial charge in [-0.2, -0.15) is 11.8 Å².